The van der Waals surface area contributed by atoms with Crippen molar-refractivity contribution in [1.29, 1.82) is 0 Å². The number of nitrogens with zero attached hydrogens (tertiary/aromatic N) is 2. The van der Waals surface area contributed by atoms with Gasteiger partial charge in [-0.25, -0.2) is 0 Å². The van der Waals surface area contributed by atoms with E-state index in [2.05, 4.69) is 16.3 Å². The van der Waals surface area contributed by atoms with E-state index in [4.69, 9.17) is 5.73 Å². The minimum absolute atomic E-state index is 0. The van der Waals surface area contributed by atoms with Gasteiger partial charge in [-0.1, -0.05) is 18.6 Å². The van der Waals surface area contributed by atoms with Gasteiger partial charge in [-0.2, -0.15) is 28.4 Å². The molecular weight excluding hydrogens is 388 g/mol. The molecule has 0 amide bonds. The maximum atomic E-state index is 7.57. The van der Waals surface area contributed by atoms with Crippen LogP contribution >= 0.6 is 0 Å². The van der Waals surface area contributed by atoms with E-state index in [9.17, 15) is 0 Å². The zero-order valence-corrected chi connectivity index (χ0v) is 16.7. The summed E-state index contributed by atoms with van der Waals surface area (Å²) in [6.07, 6.45) is 0. The van der Waals surface area contributed by atoms with Gasteiger partial charge in [0.2, 0.25) is 0 Å². The monoisotopic (exact) mass is 401 g/mol. The van der Waals surface area contributed by atoms with Gasteiger partial charge in [0.15, 0.2) is 0 Å². The van der Waals surface area contributed by atoms with E-state index in [-0.39, 0.29) is 65.4 Å². The molecule has 92 valence electrons. The number of hydrogen-bond donors (Lipinski definition) is 0. The third-order valence-electron chi connectivity index (χ3n) is 2.52. The van der Waals surface area contributed by atoms with Crippen molar-refractivity contribution < 1.29 is 65.4 Å². The Bertz CT molecular complexity index is 568. The molecule has 2 rings (SSSR count). The molecule has 5 heteroatoms. The number of benzene rings is 2. The maximum Gasteiger partial charge on any atom is 0.0857 e. The van der Waals surface area contributed by atoms with Gasteiger partial charge >= 0.3 is 0 Å². The largest absolute Gasteiger partial charge is 0.699 e. The predicted molar refractivity (Wildman–Crippen MR) is 69.4 cm³/mol. The Labute approximate surface area is 164 Å². The predicted octanol–water partition coefficient (Wildman–Crippen LogP) is 5.20. The van der Waals surface area contributed by atoms with Gasteiger partial charge in [0.25, 0.3) is 0 Å². The van der Waals surface area contributed by atoms with Crippen molar-refractivity contribution in [3.8, 4) is 0 Å². The summed E-state index contributed by atoms with van der Waals surface area (Å²) in [6, 6.07) is 14.0. The summed E-state index contributed by atoms with van der Waals surface area (Å²) in [7, 11) is 0. The Morgan fingerprint density at radius 1 is 1.00 bits per heavy atom. The number of azo groups is 1. The first-order valence-electron chi connectivity index (χ1n) is 5.37. The molecule has 0 fully saturated rings. The van der Waals surface area contributed by atoms with Crippen LogP contribution < -0.4 is 0 Å². The molecule has 0 aliphatic carbocycles. The van der Waals surface area contributed by atoms with E-state index in [0.717, 1.165) is 22.5 Å². The molecule has 0 saturated carbocycles. The molecule has 0 saturated heterocycles. The van der Waals surface area contributed by atoms with E-state index in [1.807, 2.05) is 38.1 Å². The second-order valence-electron chi connectivity index (χ2n) is 3.91. The zero-order valence-electron chi connectivity index (χ0n) is 11.0. The van der Waals surface area contributed by atoms with Crippen molar-refractivity contribution in [3.63, 3.8) is 0 Å². The van der Waals surface area contributed by atoms with E-state index >= 15 is 0 Å². The van der Waals surface area contributed by atoms with Crippen molar-refractivity contribution in [3.05, 3.63) is 59.3 Å². The molecule has 0 spiro atoms. The van der Waals surface area contributed by atoms with Gasteiger partial charge in [0.1, 0.15) is 0 Å². The summed E-state index contributed by atoms with van der Waals surface area (Å²) in [4.78, 5) is 0. The summed E-state index contributed by atoms with van der Waals surface area (Å²) in [6.45, 7) is 3.87. The smallest absolute Gasteiger partial charge is 0.0857 e. The van der Waals surface area contributed by atoms with Crippen LogP contribution in [0.15, 0.2) is 46.6 Å². The van der Waals surface area contributed by atoms with Gasteiger partial charge in [-0.05, 0) is 24.7 Å². The number of nitrogens with one attached hydrogen (secondary N) is 1. The topological polar surface area (TPSA) is 48.5 Å². The van der Waals surface area contributed by atoms with E-state index in [0.29, 0.717) is 5.69 Å². The number of hydrogen-bond acceptors (Lipinski definition) is 2. The molecular formula is C14H13N3Y2-2. The molecule has 2 radical (unpaired) electrons. The minimum Gasteiger partial charge on any atom is -0.699 e. The second-order valence-corrected chi connectivity index (χ2v) is 3.91. The molecule has 0 heterocycles. The second kappa shape index (κ2) is 9.07. The van der Waals surface area contributed by atoms with Crippen LogP contribution in [0.3, 0.4) is 0 Å². The summed E-state index contributed by atoms with van der Waals surface area (Å²) in [5.74, 6) is 0. The quantitative estimate of drug-likeness (QED) is 0.491. The van der Waals surface area contributed by atoms with Gasteiger partial charge < -0.3 is 5.73 Å². The summed E-state index contributed by atoms with van der Waals surface area (Å²) >= 11 is 0. The van der Waals surface area contributed by atoms with Crippen molar-refractivity contribution >= 4 is 17.1 Å². The van der Waals surface area contributed by atoms with Crippen LogP contribution in [0.5, 0.6) is 0 Å². The van der Waals surface area contributed by atoms with Gasteiger partial charge in [0.05, 0.1) is 5.69 Å². The van der Waals surface area contributed by atoms with Crippen LogP contribution in [-0.2, 0) is 65.4 Å². The van der Waals surface area contributed by atoms with Crippen molar-refractivity contribution in [2.24, 2.45) is 10.2 Å². The van der Waals surface area contributed by atoms with E-state index < -0.39 is 0 Å². The van der Waals surface area contributed by atoms with E-state index in [1.54, 1.807) is 12.1 Å². The Hall–Kier alpha value is 0.0478. The Balaban J connectivity index is 0.00000162. The molecule has 0 bridgehead atoms. The molecule has 0 unspecified atom stereocenters. The molecule has 2 aromatic carbocycles. The molecule has 1 N–H and O–H groups in total. The number of rotatable bonds is 2. The van der Waals surface area contributed by atoms with Gasteiger partial charge in [0, 0.05) is 65.4 Å². The minimum atomic E-state index is 0. The zero-order chi connectivity index (χ0) is 12.3. The van der Waals surface area contributed by atoms with Crippen LogP contribution in [0.4, 0.5) is 17.1 Å². The van der Waals surface area contributed by atoms with Gasteiger partial charge in [-0.15, -0.1) is 17.3 Å². The molecule has 0 atom stereocenters. The van der Waals surface area contributed by atoms with Crippen LogP contribution in [0.2, 0.25) is 0 Å². The first-order chi connectivity index (χ1) is 8.16. The fourth-order valence-electron chi connectivity index (χ4n) is 1.44. The van der Waals surface area contributed by atoms with Gasteiger partial charge in [-0.3, -0.25) is 0 Å². The average Bonchev–Trinajstić information content (AvgIpc) is 2.32. The maximum absolute atomic E-state index is 7.57. The average molecular weight is 401 g/mol. The van der Waals surface area contributed by atoms with Crippen molar-refractivity contribution in [2.45, 2.75) is 13.8 Å². The summed E-state index contributed by atoms with van der Waals surface area (Å²) in [5, 5.41) is 8.36. The molecule has 0 aromatic heterocycles. The first-order valence-corrected chi connectivity index (χ1v) is 5.37. The molecule has 2 aromatic rings. The van der Waals surface area contributed by atoms with E-state index in [1.165, 1.54) is 0 Å². The normalized spacial score (nSPS) is 9.79. The van der Waals surface area contributed by atoms with Crippen molar-refractivity contribution in [1.82, 2.24) is 0 Å². The fourth-order valence-corrected chi connectivity index (χ4v) is 1.44. The first kappa shape index (κ1) is 19.0. The molecule has 3 nitrogen and oxygen atoms in total. The van der Waals surface area contributed by atoms with Crippen LogP contribution in [0, 0.1) is 19.9 Å². The third-order valence-corrected chi connectivity index (χ3v) is 2.52. The third kappa shape index (κ3) is 5.51. The molecule has 19 heavy (non-hydrogen) atoms. The fraction of sp³-hybridized carbons (Fsp3) is 0.143. The number of aryl methyl sites for hydroxylation is 2. The Kier molecular flexibility index (Phi) is 9.09. The van der Waals surface area contributed by atoms with Crippen LogP contribution in [0.1, 0.15) is 11.1 Å². The molecule has 0 aliphatic heterocycles. The standard InChI is InChI=1S/C14H13N3.2Y/c1-10-5-3-4-6-14(10)17-16-12-7-8-13(15)11(2)9-12;;/h4-9,15H,1-2H3;;/q-2;;. The molecule has 0 aliphatic rings. The summed E-state index contributed by atoms with van der Waals surface area (Å²) < 4.78 is 0. The SMILES string of the molecule is Cc1cc(N=Nc2cc[c-]cc2C)ccc1[NH-].[Y].[Y]. The van der Waals surface area contributed by atoms with Crippen LogP contribution in [-0.4, -0.2) is 0 Å². The summed E-state index contributed by atoms with van der Waals surface area (Å²) in [5.41, 5.74) is 11.7. The van der Waals surface area contributed by atoms with Crippen LogP contribution in [0.25, 0.3) is 5.73 Å². The van der Waals surface area contributed by atoms with Crippen molar-refractivity contribution in [2.75, 3.05) is 0 Å². The Morgan fingerprint density at radius 2 is 1.74 bits per heavy atom. The Morgan fingerprint density at radius 3 is 2.37 bits per heavy atom.